The summed E-state index contributed by atoms with van der Waals surface area (Å²) in [5, 5.41) is 57.0. The van der Waals surface area contributed by atoms with Gasteiger partial charge in [0.1, 0.15) is 24.4 Å². The molecule has 1 heterocycles. The topological polar surface area (TPSA) is 175 Å². The van der Waals surface area contributed by atoms with E-state index in [1.807, 2.05) is 6.08 Å². The smallest absolute Gasteiger partial charge is 0.306 e. The Morgan fingerprint density at radius 1 is 0.513 bits per heavy atom. The Bertz CT molecular complexity index is 1590. The number of rotatable bonds is 53. The molecule has 1 saturated heterocycles. The van der Waals surface area contributed by atoms with Gasteiger partial charge in [-0.2, -0.15) is 0 Å². The van der Waals surface area contributed by atoms with Crippen molar-refractivity contribution in [3.63, 3.8) is 0 Å². The van der Waals surface area contributed by atoms with E-state index in [-0.39, 0.29) is 19.4 Å². The second-order valence-corrected chi connectivity index (χ2v) is 21.8. The molecule has 0 aliphatic carbocycles. The summed E-state index contributed by atoms with van der Waals surface area (Å²) in [6.07, 6.45) is 60.4. The molecule has 11 nitrogen and oxygen atoms in total. The van der Waals surface area contributed by atoms with E-state index >= 15 is 0 Å². The molecule has 0 radical (unpaired) electrons. The van der Waals surface area contributed by atoms with Gasteiger partial charge in [0, 0.05) is 6.42 Å². The van der Waals surface area contributed by atoms with Crippen LogP contribution in [0.3, 0.4) is 0 Å². The van der Waals surface area contributed by atoms with Crippen LogP contribution in [0, 0.1) is 0 Å². The van der Waals surface area contributed by atoms with Gasteiger partial charge >= 0.3 is 5.97 Å². The molecule has 1 aliphatic heterocycles. The van der Waals surface area contributed by atoms with Crippen molar-refractivity contribution in [1.29, 1.82) is 0 Å². The summed E-state index contributed by atoms with van der Waals surface area (Å²) in [7, 11) is 0. The lowest BCUT2D eigenvalue weighted by Crippen LogP contribution is -2.61. The van der Waals surface area contributed by atoms with Crippen molar-refractivity contribution in [1.82, 2.24) is 5.32 Å². The standard InChI is InChI=1S/C67H117NO10/c1-4-7-10-13-16-19-22-25-27-28-29-30-31-32-33-35-36-39-42-45-48-51-54-60(71)66(75)68-58(59(70)53-50-47-44-41-38-24-21-18-15-12-9-6-3)57-76-67-65(64(74)63(73)61(56-69)77-67)78-62(72)55-52-49-46-43-40-37-34-26-23-20-17-14-11-8-5-2/h7,10,16,19-20,23,25,27,29-30,32-33,50,53,58-61,63-65,67,69-71,73-74H,4-6,8-9,11-15,17-18,21-22,24,26,28,31,34-49,51-52,54-57H2,1-3H3,(H,68,75)/b10-7-,19-16-,23-20-,27-25-,30-29-,33-32-,53-50+. The zero-order valence-electron chi connectivity index (χ0n) is 49.8. The molecule has 8 atom stereocenters. The second-order valence-electron chi connectivity index (χ2n) is 21.8. The van der Waals surface area contributed by atoms with E-state index in [1.54, 1.807) is 6.08 Å². The third kappa shape index (κ3) is 41.8. The third-order valence-corrected chi connectivity index (χ3v) is 14.5. The van der Waals surface area contributed by atoms with Gasteiger partial charge in [0.15, 0.2) is 12.4 Å². The fourth-order valence-corrected chi connectivity index (χ4v) is 9.50. The summed E-state index contributed by atoms with van der Waals surface area (Å²) < 4.78 is 17.6. The molecule has 8 unspecified atom stereocenters. The second kappa shape index (κ2) is 54.4. The van der Waals surface area contributed by atoms with Crippen molar-refractivity contribution in [3.05, 3.63) is 85.1 Å². The molecule has 0 aromatic rings. The number of allylic oxidation sites excluding steroid dienone is 13. The monoisotopic (exact) mass is 1100 g/mol. The van der Waals surface area contributed by atoms with Gasteiger partial charge in [-0.3, -0.25) is 9.59 Å². The number of ether oxygens (including phenoxy) is 3. The molecule has 11 heteroatoms. The molecule has 0 aromatic carbocycles. The Morgan fingerprint density at radius 3 is 1.41 bits per heavy atom. The molecule has 1 aliphatic rings. The fourth-order valence-electron chi connectivity index (χ4n) is 9.50. The molecule has 1 fully saturated rings. The van der Waals surface area contributed by atoms with Crippen molar-refractivity contribution >= 4 is 11.9 Å². The third-order valence-electron chi connectivity index (χ3n) is 14.5. The van der Waals surface area contributed by atoms with Crippen LogP contribution in [0.5, 0.6) is 0 Å². The summed E-state index contributed by atoms with van der Waals surface area (Å²) >= 11 is 0. The van der Waals surface area contributed by atoms with E-state index in [2.05, 4.69) is 99.0 Å². The first kappa shape index (κ1) is 72.9. The maximum atomic E-state index is 13.4. The highest BCUT2D eigenvalue weighted by Gasteiger charge is 2.47. The molecule has 0 aromatic heterocycles. The molecule has 0 spiro atoms. The van der Waals surface area contributed by atoms with Crippen molar-refractivity contribution in [2.24, 2.45) is 0 Å². The molecule has 0 saturated carbocycles. The highest BCUT2D eigenvalue weighted by Crippen LogP contribution is 2.26. The summed E-state index contributed by atoms with van der Waals surface area (Å²) in [5.74, 6) is -1.21. The van der Waals surface area contributed by atoms with Gasteiger partial charge < -0.3 is 45.1 Å². The Hall–Kier alpha value is -3.16. The van der Waals surface area contributed by atoms with Crippen molar-refractivity contribution < 1.29 is 49.3 Å². The van der Waals surface area contributed by atoms with Crippen LogP contribution in [-0.2, 0) is 23.8 Å². The van der Waals surface area contributed by atoms with Crippen LogP contribution in [-0.4, -0.2) is 99.6 Å². The predicted molar refractivity (Wildman–Crippen MR) is 324 cm³/mol. The summed E-state index contributed by atoms with van der Waals surface area (Å²) in [6, 6.07) is -1.03. The number of nitrogens with one attached hydrogen (secondary N) is 1. The molecule has 78 heavy (non-hydrogen) atoms. The number of carbonyl (C=O) groups excluding carboxylic acids is 2. The van der Waals surface area contributed by atoms with Crippen LogP contribution in [0.2, 0.25) is 0 Å². The number of amides is 1. The maximum Gasteiger partial charge on any atom is 0.306 e. The summed E-state index contributed by atoms with van der Waals surface area (Å²) in [6.45, 7) is 5.65. The number of esters is 1. The highest BCUT2D eigenvalue weighted by molar-refractivity contribution is 5.80. The normalized spacial score (nSPS) is 19.5. The lowest BCUT2D eigenvalue weighted by atomic mass is 9.99. The van der Waals surface area contributed by atoms with Crippen LogP contribution < -0.4 is 5.32 Å². The van der Waals surface area contributed by atoms with Gasteiger partial charge in [-0.05, 0) is 96.3 Å². The predicted octanol–water partition coefficient (Wildman–Crippen LogP) is 15.3. The minimum atomic E-state index is -1.62. The Morgan fingerprint density at radius 2 is 0.923 bits per heavy atom. The molecule has 1 amide bonds. The van der Waals surface area contributed by atoms with Gasteiger partial charge in [0.25, 0.3) is 0 Å². The van der Waals surface area contributed by atoms with Crippen molar-refractivity contribution in [3.8, 4) is 0 Å². The van der Waals surface area contributed by atoms with Crippen molar-refractivity contribution in [2.45, 2.75) is 314 Å². The van der Waals surface area contributed by atoms with Gasteiger partial charge in [-0.1, -0.05) is 247 Å². The minimum absolute atomic E-state index is 0.115. The SMILES string of the molecule is CC/C=C\C/C=C\C/C=C\C/C=C\C/C=C\CCCCCCCCC(O)C(=O)NC(COC1OC(CO)C(O)C(O)C1OC(=O)CCCCCCCCC/C=C\CCCCCC)C(O)/C=C/CCCCCCCCCCCC. The minimum Gasteiger partial charge on any atom is -0.454 e. The highest BCUT2D eigenvalue weighted by atomic mass is 16.7. The van der Waals surface area contributed by atoms with Gasteiger partial charge in [0.05, 0.1) is 25.4 Å². The number of unbranched alkanes of at least 4 members (excludes halogenated alkanes) is 27. The molecule has 1 rings (SSSR count). The van der Waals surface area contributed by atoms with E-state index in [1.165, 1.54) is 96.3 Å². The lowest BCUT2D eigenvalue weighted by Gasteiger charge is -2.41. The number of aliphatic hydroxyl groups is 5. The fraction of sp³-hybridized carbons (Fsp3) is 0.761. The molecular formula is C67H117NO10. The maximum absolute atomic E-state index is 13.4. The van der Waals surface area contributed by atoms with E-state index in [4.69, 9.17) is 14.2 Å². The van der Waals surface area contributed by atoms with Crippen LogP contribution in [0.15, 0.2) is 85.1 Å². The average molecular weight is 1100 g/mol. The number of hydrogen-bond donors (Lipinski definition) is 6. The van der Waals surface area contributed by atoms with E-state index in [0.29, 0.717) is 12.8 Å². The summed E-state index contributed by atoms with van der Waals surface area (Å²) in [5.41, 5.74) is 0. The van der Waals surface area contributed by atoms with Crippen LogP contribution >= 0.6 is 0 Å². The molecule has 6 N–H and O–H groups in total. The first-order valence-electron chi connectivity index (χ1n) is 31.9. The van der Waals surface area contributed by atoms with Gasteiger partial charge in [0.2, 0.25) is 5.91 Å². The largest absolute Gasteiger partial charge is 0.454 e. The first-order chi connectivity index (χ1) is 38.2. The van der Waals surface area contributed by atoms with Crippen LogP contribution in [0.1, 0.15) is 265 Å². The molecular weight excluding hydrogens is 979 g/mol. The Labute approximate surface area is 476 Å². The molecule has 0 bridgehead atoms. The quantitative estimate of drug-likeness (QED) is 0.0195. The number of carbonyl (C=O) groups is 2. The zero-order valence-corrected chi connectivity index (χ0v) is 49.8. The van der Waals surface area contributed by atoms with Crippen LogP contribution in [0.25, 0.3) is 0 Å². The van der Waals surface area contributed by atoms with Gasteiger partial charge in [-0.25, -0.2) is 0 Å². The Kier molecular flexibility index (Phi) is 50.8. The lowest BCUT2D eigenvalue weighted by molar-refractivity contribution is -0.305. The van der Waals surface area contributed by atoms with Crippen molar-refractivity contribution in [2.75, 3.05) is 13.2 Å². The van der Waals surface area contributed by atoms with E-state index in [0.717, 1.165) is 122 Å². The van der Waals surface area contributed by atoms with Crippen LogP contribution in [0.4, 0.5) is 0 Å². The molecule has 450 valence electrons. The summed E-state index contributed by atoms with van der Waals surface area (Å²) in [4.78, 5) is 26.6. The van der Waals surface area contributed by atoms with E-state index < -0.39 is 67.4 Å². The average Bonchev–Trinajstić information content (AvgIpc) is 3.44. The number of hydrogen-bond acceptors (Lipinski definition) is 10. The van der Waals surface area contributed by atoms with E-state index in [9.17, 15) is 35.1 Å². The zero-order chi connectivity index (χ0) is 56.8. The number of aliphatic hydroxyl groups excluding tert-OH is 5. The Balaban J connectivity index is 2.67. The van der Waals surface area contributed by atoms with Gasteiger partial charge in [-0.15, -0.1) is 0 Å². The first-order valence-corrected chi connectivity index (χ1v) is 31.9.